The highest BCUT2D eigenvalue weighted by Gasteiger charge is 2.22. The van der Waals surface area contributed by atoms with Gasteiger partial charge in [0.05, 0.1) is 18.0 Å². The Balaban J connectivity index is 4.59. The van der Waals surface area contributed by atoms with E-state index < -0.39 is 23.0 Å². The number of halogens is 1. The molecular weight excluding hydrogens is 294 g/mol. The summed E-state index contributed by atoms with van der Waals surface area (Å²) in [7, 11) is 0. The average molecular weight is 320 g/mol. The molecule has 0 heterocycles. The van der Waals surface area contributed by atoms with E-state index in [0.29, 0.717) is 13.0 Å². The van der Waals surface area contributed by atoms with Gasteiger partial charge in [0.15, 0.2) is 0 Å². The Morgan fingerprint density at radius 3 is 2.38 bits per heavy atom. The van der Waals surface area contributed by atoms with Crippen molar-refractivity contribution in [3.8, 4) is 0 Å². The van der Waals surface area contributed by atoms with E-state index in [9.17, 15) is 9.59 Å². The SMILES string of the molecule is CCC[C@@H](NC(=O)OC(C)(C)C)[C@@H](Cl)/C=C/C(=O)OCC. The van der Waals surface area contributed by atoms with Gasteiger partial charge in [-0.25, -0.2) is 9.59 Å². The van der Waals surface area contributed by atoms with Crippen LogP contribution in [0.1, 0.15) is 47.5 Å². The van der Waals surface area contributed by atoms with Crippen LogP contribution >= 0.6 is 11.6 Å². The molecule has 0 aliphatic carbocycles. The Bertz CT molecular complexity index is 363. The molecule has 0 saturated carbocycles. The molecule has 5 nitrogen and oxygen atoms in total. The predicted molar refractivity (Wildman–Crippen MR) is 83.5 cm³/mol. The molecule has 0 aromatic rings. The normalized spacial score (nSPS) is 14.6. The minimum Gasteiger partial charge on any atom is -0.463 e. The minimum atomic E-state index is -0.566. The minimum absolute atomic E-state index is 0.308. The topological polar surface area (TPSA) is 64.6 Å². The molecule has 0 aromatic carbocycles. The summed E-state index contributed by atoms with van der Waals surface area (Å²) in [4.78, 5) is 23.0. The van der Waals surface area contributed by atoms with Crippen molar-refractivity contribution >= 4 is 23.7 Å². The van der Waals surface area contributed by atoms with Crippen LogP contribution in [0.15, 0.2) is 12.2 Å². The van der Waals surface area contributed by atoms with Crippen molar-refractivity contribution in [3.05, 3.63) is 12.2 Å². The number of nitrogens with one attached hydrogen (secondary N) is 1. The average Bonchev–Trinajstić information content (AvgIpc) is 2.33. The summed E-state index contributed by atoms with van der Waals surface area (Å²) in [5, 5.41) is 2.22. The van der Waals surface area contributed by atoms with Crippen LogP contribution in [0.3, 0.4) is 0 Å². The molecule has 122 valence electrons. The smallest absolute Gasteiger partial charge is 0.407 e. The summed E-state index contributed by atoms with van der Waals surface area (Å²) < 4.78 is 9.99. The molecule has 0 aliphatic rings. The fourth-order valence-electron chi connectivity index (χ4n) is 1.58. The molecule has 0 radical (unpaired) electrons. The summed E-state index contributed by atoms with van der Waals surface area (Å²) in [5.41, 5.74) is -0.566. The molecule has 1 amide bonds. The largest absolute Gasteiger partial charge is 0.463 e. The molecule has 0 aromatic heterocycles. The Labute approximate surface area is 132 Å². The second-order valence-electron chi connectivity index (χ2n) is 5.60. The number of carbonyl (C=O) groups excluding carboxylic acids is 2. The van der Waals surface area contributed by atoms with Gasteiger partial charge in [0.2, 0.25) is 0 Å². The maximum Gasteiger partial charge on any atom is 0.407 e. The third kappa shape index (κ3) is 10.2. The molecule has 2 atom stereocenters. The van der Waals surface area contributed by atoms with Gasteiger partial charge in [-0.3, -0.25) is 0 Å². The van der Waals surface area contributed by atoms with Crippen molar-refractivity contribution in [3.63, 3.8) is 0 Å². The molecule has 0 unspecified atom stereocenters. The lowest BCUT2D eigenvalue weighted by Crippen LogP contribution is -2.43. The van der Waals surface area contributed by atoms with Gasteiger partial charge in [-0.2, -0.15) is 0 Å². The van der Waals surface area contributed by atoms with E-state index in [2.05, 4.69) is 5.32 Å². The van der Waals surface area contributed by atoms with Crippen LogP contribution in [0.4, 0.5) is 4.79 Å². The number of rotatable bonds is 7. The highest BCUT2D eigenvalue weighted by atomic mass is 35.5. The fourth-order valence-corrected chi connectivity index (χ4v) is 1.84. The molecule has 0 bridgehead atoms. The number of hydrogen-bond acceptors (Lipinski definition) is 4. The van der Waals surface area contributed by atoms with Crippen LogP contribution in [0.2, 0.25) is 0 Å². The van der Waals surface area contributed by atoms with Gasteiger partial charge in [0, 0.05) is 6.08 Å². The van der Waals surface area contributed by atoms with Gasteiger partial charge in [-0.05, 0) is 34.1 Å². The van der Waals surface area contributed by atoms with Crippen molar-refractivity contribution in [1.82, 2.24) is 5.32 Å². The maximum absolute atomic E-state index is 11.8. The van der Waals surface area contributed by atoms with Crippen molar-refractivity contribution in [1.29, 1.82) is 0 Å². The first-order chi connectivity index (χ1) is 9.69. The van der Waals surface area contributed by atoms with Gasteiger partial charge in [-0.15, -0.1) is 11.6 Å². The summed E-state index contributed by atoms with van der Waals surface area (Å²) in [6.07, 6.45) is 3.81. The third-order valence-electron chi connectivity index (χ3n) is 2.39. The summed E-state index contributed by atoms with van der Waals surface area (Å²) in [6, 6.07) is -0.308. The van der Waals surface area contributed by atoms with Crippen LogP contribution in [-0.2, 0) is 14.3 Å². The highest BCUT2D eigenvalue weighted by Crippen LogP contribution is 2.13. The van der Waals surface area contributed by atoms with Gasteiger partial charge < -0.3 is 14.8 Å². The number of alkyl halides is 1. The summed E-state index contributed by atoms with van der Waals surface area (Å²) >= 11 is 6.22. The lowest BCUT2D eigenvalue weighted by atomic mass is 10.1. The summed E-state index contributed by atoms with van der Waals surface area (Å²) in [5.74, 6) is -0.448. The lowest BCUT2D eigenvalue weighted by molar-refractivity contribution is -0.137. The van der Waals surface area contributed by atoms with E-state index in [0.717, 1.165) is 6.42 Å². The predicted octanol–water partition coefficient (Wildman–Crippen LogP) is 3.41. The van der Waals surface area contributed by atoms with E-state index in [4.69, 9.17) is 21.1 Å². The molecule has 0 spiro atoms. The van der Waals surface area contributed by atoms with Crippen LogP contribution in [0.5, 0.6) is 0 Å². The molecule has 6 heteroatoms. The molecule has 21 heavy (non-hydrogen) atoms. The van der Waals surface area contributed by atoms with E-state index in [-0.39, 0.29) is 6.04 Å². The highest BCUT2D eigenvalue weighted by molar-refractivity contribution is 6.22. The van der Waals surface area contributed by atoms with E-state index >= 15 is 0 Å². The Morgan fingerprint density at radius 2 is 1.90 bits per heavy atom. The third-order valence-corrected chi connectivity index (χ3v) is 2.84. The van der Waals surface area contributed by atoms with Crippen LogP contribution in [0.25, 0.3) is 0 Å². The molecule has 0 aliphatic heterocycles. The first kappa shape index (κ1) is 19.8. The van der Waals surface area contributed by atoms with Gasteiger partial charge in [0.25, 0.3) is 0 Å². The number of carbonyl (C=O) groups is 2. The van der Waals surface area contributed by atoms with E-state index in [1.807, 2.05) is 6.92 Å². The van der Waals surface area contributed by atoms with Gasteiger partial charge in [-0.1, -0.05) is 19.4 Å². The van der Waals surface area contributed by atoms with Crippen molar-refractivity contribution in [2.75, 3.05) is 6.61 Å². The summed E-state index contributed by atoms with van der Waals surface area (Å²) in [6.45, 7) is 9.40. The second kappa shape index (κ2) is 9.66. The Hall–Kier alpha value is -1.23. The van der Waals surface area contributed by atoms with E-state index in [1.54, 1.807) is 27.7 Å². The number of hydrogen-bond donors (Lipinski definition) is 1. The first-order valence-electron chi connectivity index (χ1n) is 7.18. The number of amides is 1. The van der Waals surface area contributed by atoms with Crippen molar-refractivity contribution in [2.24, 2.45) is 0 Å². The zero-order chi connectivity index (χ0) is 16.5. The molecule has 0 rings (SSSR count). The van der Waals surface area contributed by atoms with Crippen LogP contribution in [-0.4, -0.2) is 35.7 Å². The molecular formula is C15H26ClNO4. The fraction of sp³-hybridized carbons (Fsp3) is 0.733. The van der Waals surface area contributed by atoms with E-state index in [1.165, 1.54) is 12.2 Å². The Morgan fingerprint density at radius 1 is 1.29 bits per heavy atom. The van der Waals surface area contributed by atoms with Gasteiger partial charge >= 0.3 is 12.1 Å². The molecule has 1 N–H and O–H groups in total. The number of ether oxygens (including phenoxy) is 2. The van der Waals surface area contributed by atoms with Crippen LogP contribution in [0, 0.1) is 0 Å². The first-order valence-corrected chi connectivity index (χ1v) is 7.61. The standard InChI is InChI=1S/C15H26ClNO4/c1-6-8-12(17-14(19)21-15(3,4)5)11(16)9-10-13(18)20-7-2/h9-12H,6-8H2,1-5H3,(H,17,19)/b10-9+/t11-,12+/m0/s1. The van der Waals surface area contributed by atoms with Gasteiger partial charge in [0.1, 0.15) is 5.60 Å². The lowest BCUT2D eigenvalue weighted by Gasteiger charge is -2.25. The number of alkyl carbamates (subject to hydrolysis) is 1. The molecule has 0 fully saturated rings. The monoisotopic (exact) mass is 319 g/mol. The van der Waals surface area contributed by atoms with Crippen LogP contribution < -0.4 is 5.32 Å². The quantitative estimate of drug-likeness (QED) is 0.444. The zero-order valence-corrected chi connectivity index (χ0v) is 14.2. The van der Waals surface area contributed by atoms with Crippen molar-refractivity contribution in [2.45, 2.75) is 64.5 Å². The number of esters is 1. The van der Waals surface area contributed by atoms with Crippen molar-refractivity contribution < 1.29 is 19.1 Å². The Kier molecular flexibility index (Phi) is 9.09. The molecule has 0 saturated heterocycles. The maximum atomic E-state index is 11.8. The second-order valence-corrected chi connectivity index (χ2v) is 6.10. The zero-order valence-electron chi connectivity index (χ0n) is 13.4.